The van der Waals surface area contributed by atoms with Gasteiger partial charge >= 0.3 is 0 Å². The molecule has 1 heterocycles. The van der Waals surface area contributed by atoms with Crippen molar-refractivity contribution >= 4 is 5.91 Å². The normalized spacial score (nSPS) is 21.8. The van der Waals surface area contributed by atoms with E-state index >= 15 is 0 Å². The number of hydrogen-bond acceptors (Lipinski definition) is 1. The van der Waals surface area contributed by atoms with E-state index in [2.05, 4.69) is 4.90 Å². The van der Waals surface area contributed by atoms with E-state index in [-0.39, 0.29) is 5.91 Å². The van der Waals surface area contributed by atoms with Gasteiger partial charge in [-0.1, -0.05) is 37.0 Å². The summed E-state index contributed by atoms with van der Waals surface area (Å²) in [6.07, 6.45) is 7.95. The molecule has 1 spiro atoms. The molecule has 2 aliphatic rings. The van der Waals surface area contributed by atoms with Crippen molar-refractivity contribution in [1.29, 1.82) is 0 Å². The van der Waals surface area contributed by atoms with Crippen LogP contribution in [0.2, 0.25) is 0 Å². The highest BCUT2D eigenvalue weighted by Crippen LogP contribution is 2.43. The Hall–Kier alpha value is -1.31. The van der Waals surface area contributed by atoms with E-state index in [4.69, 9.17) is 0 Å². The molecule has 1 aromatic rings. The number of carbonyl (C=O) groups excluding carboxylic acids is 1. The second kappa shape index (κ2) is 4.99. The zero-order valence-electron chi connectivity index (χ0n) is 11.8. The first kappa shape index (κ1) is 12.7. The summed E-state index contributed by atoms with van der Waals surface area (Å²) in [6.45, 7) is 3.98. The zero-order valence-corrected chi connectivity index (χ0v) is 11.8. The van der Waals surface area contributed by atoms with E-state index < -0.39 is 0 Å². The molecule has 1 aromatic carbocycles. The quantitative estimate of drug-likeness (QED) is 0.749. The van der Waals surface area contributed by atoms with Gasteiger partial charge in [-0.05, 0) is 43.7 Å². The molecule has 1 saturated heterocycles. The Balaban J connectivity index is 1.72. The van der Waals surface area contributed by atoms with E-state index in [1.807, 2.05) is 31.2 Å². The van der Waals surface area contributed by atoms with Crippen LogP contribution < -0.4 is 0 Å². The highest BCUT2D eigenvalue weighted by atomic mass is 16.2. The standard InChI is InChI=1S/C17H23NO/c1-14-6-5-7-15(12-14)16(19)18-11-10-17(13-18)8-3-2-4-9-17/h5-7,12H,2-4,8-11,13H2,1H3. The fourth-order valence-electron chi connectivity index (χ4n) is 3.78. The first-order valence-electron chi connectivity index (χ1n) is 7.55. The molecule has 19 heavy (non-hydrogen) atoms. The largest absolute Gasteiger partial charge is 0.338 e. The zero-order chi connectivity index (χ0) is 13.3. The van der Waals surface area contributed by atoms with E-state index in [1.54, 1.807) is 0 Å². The smallest absolute Gasteiger partial charge is 0.253 e. The van der Waals surface area contributed by atoms with Crippen molar-refractivity contribution in [1.82, 2.24) is 4.90 Å². The van der Waals surface area contributed by atoms with Crippen molar-refractivity contribution in [3.8, 4) is 0 Å². The second-order valence-electron chi connectivity index (χ2n) is 6.41. The van der Waals surface area contributed by atoms with Crippen molar-refractivity contribution in [2.75, 3.05) is 13.1 Å². The summed E-state index contributed by atoms with van der Waals surface area (Å²) in [6, 6.07) is 7.98. The number of benzene rings is 1. The van der Waals surface area contributed by atoms with Crippen molar-refractivity contribution < 1.29 is 4.79 Å². The molecular formula is C17H23NO. The molecular weight excluding hydrogens is 234 g/mol. The number of aryl methyl sites for hydroxylation is 1. The average molecular weight is 257 g/mol. The van der Waals surface area contributed by atoms with Crippen LogP contribution >= 0.6 is 0 Å². The topological polar surface area (TPSA) is 20.3 Å². The van der Waals surface area contributed by atoms with Crippen LogP contribution in [-0.2, 0) is 0 Å². The molecule has 1 saturated carbocycles. The van der Waals surface area contributed by atoms with E-state index in [9.17, 15) is 4.79 Å². The molecule has 2 fully saturated rings. The first-order valence-corrected chi connectivity index (χ1v) is 7.55. The molecule has 3 rings (SSSR count). The molecule has 0 aromatic heterocycles. The maximum absolute atomic E-state index is 12.6. The van der Waals surface area contributed by atoms with Gasteiger partial charge in [0.2, 0.25) is 0 Å². The number of likely N-dealkylation sites (tertiary alicyclic amines) is 1. The summed E-state index contributed by atoms with van der Waals surface area (Å²) in [7, 11) is 0. The van der Waals surface area contributed by atoms with Crippen LogP contribution in [0, 0.1) is 12.3 Å². The van der Waals surface area contributed by atoms with Gasteiger partial charge in [0.1, 0.15) is 0 Å². The maximum Gasteiger partial charge on any atom is 0.253 e. The molecule has 1 aliphatic heterocycles. The molecule has 0 N–H and O–H groups in total. The Morgan fingerprint density at radius 3 is 2.68 bits per heavy atom. The molecule has 0 unspecified atom stereocenters. The highest BCUT2D eigenvalue weighted by molar-refractivity contribution is 5.94. The van der Waals surface area contributed by atoms with Crippen LogP contribution in [0.5, 0.6) is 0 Å². The number of carbonyl (C=O) groups is 1. The van der Waals surface area contributed by atoms with Crippen LogP contribution in [0.25, 0.3) is 0 Å². The first-order chi connectivity index (χ1) is 9.19. The van der Waals surface area contributed by atoms with Crippen molar-refractivity contribution in [2.45, 2.75) is 45.4 Å². The molecule has 1 aliphatic carbocycles. The third kappa shape index (κ3) is 2.54. The molecule has 102 valence electrons. The Kier molecular flexibility index (Phi) is 3.34. The van der Waals surface area contributed by atoms with Gasteiger partial charge in [0.05, 0.1) is 0 Å². The lowest BCUT2D eigenvalue weighted by Gasteiger charge is -2.33. The SMILES string of the molecule is Cc1cccc(C(=O)N2CCC3(CCCCC3)C2)c1. The Morgan fingerprint density at radius 2 is 1.95 bits per heavy atom. The number of rotatable bonds is 1. The number of hydrogen-bond donors (Lipinski definition) is 0. The van der Waals surface area contributed by atoms with Crippen LogP contribution in [-0.4, -0.2) is 23.9 Å². The third-order valence-corrected chi connectivity index (χ3v) is 4.90. The van der Waals surface area contributed by atoms with Crippen LogP contribution in [0.3, 0.4) is 0 Å². The van der Waals surface area contributed by atoms with Gasteiger partial charge in [0.25, 0.3) is 5.91 Å². The van der Waals surface area contributed by atoms with E-state index in [1.165, 1.54) is 38.5 Å². The maximum atomic E-state index is 12.6. The van der Waals surface area contributed by atoms with E-state index in [0.717, 1.165) is 24.2 Å². The van der Waals surface area contributed by atoms with Gasteiger partial charge in [-0.15, -0.1) is 0 Å². The van der Waals surface area contributed by atoms with Gasteiger partial charge < -0.3 is 4.90 Å². The van der Waals surface area contributed by atoms with Gasteiger partial charge in [0, 0.05) is 18.7 Å². The lowest BCUT2D eigenvalue weighted by atomic mass is 9.73. The van der Waals surface area contributed by atoms with Gasteiger partial charge in [-0.3, -0.25) is 4.79 Å². The lowest BCUT2D eigenvalue weighted by Crippen LogP contribution is -2.33. The lowest BCUT2D eigenvalue weighted by molar-refractivity contribution is 0.0759. The molecule has 2 heteroatoms. The monoisotopic (exact) mass is 257 g/mol. The van der Waals surface area contributed by atoms with Gasteiger partial charge in [-0.2, -0.15) is 0 Å². The minimum Gasteiger partial charge on any atom is -0.338 e. The number of nitrogens with zero attached hydrogens (tertiary/aromatic N) is 1. The minimum atomic E-state index is 0.228. The van der Waals surface area contributed by atoms with Gasteiger partial charge in [-0.25, -0.2) is 0 Å². The minimum absolute atomic E-state index is 0.228. The summed E-state index contributed by atoms with van der Waals surface area (Å²) in [5, 5.41) is 0. The Bertz CT molecular complexity index is 474. The molecule has 0 radical (unpaired) electrons. The molecule has 0 atom stereocenters. The summed E-state index contributed by atoms with van der Waals surface area (Å²) >= 11 is 0. The summed E-state index contributed by atoms with van der Waals surface area (Å²) in [5.74, 6) is 0.228. The van der Waals surface area contributed by atoms with Crippen molar-refractivity contribution in [2.24, 2.45) is 5.41 Å². The highest BCUT2D eigenvalue weighted by Gasteiger charge is 2.40. The summed E-state index contributed by atoms with van der Waals surface area (Å²) < 4.78 is 0. The van der Waals surface area contributed by atoms with Gasteiger partial charge in [0.15, 0.2) is 0 Å². The fourth-order valence-corrected chi connectivity index (χ4v) is 3.78. The molecule has 1 amide bonds. The fraction of sp³-hybridized carbons (Fsp3) is 0.588. The number of amides is 1. The average Bonchev–Trinajstić information content (AvgIpc) is 2.82. The third-order valence-electron chi connectivity index (χ3n) is 4.90. The van der Waals surface area contributed by atoms with Crippen molar-refractivity contribution in [3.63, 3.8) is 0 Å². The second-order valence-corrected chi connectivity index (χ2v) is 6.41. The van der Waals surface area contributed by atoms with Crippen molar-refractivity contribution in [3.05, 3.63) is 35.4 Å². The predicted octanol–water partition coefficient (Wildman–Crippen LogP) is 3.79. The van der Waals surface area contributed by atoms with Crippen LogP contribution in [0.15, 0.2) is 24.3 Å². The summed E-state index contributed by atoms with van der Waals surface area (Å²) in [5.41, 5.74) is 2.47. The van der Waals surface area contributed by atoms with Crippen LogP contribution in [0.1, 0.15) is 54.4 Å². The van der Waals surface area contributed by atoms with E-state index in [0.29, 0.717) is 5.41 Å². The Labute approximate surface area is 115 Å². The Morgan fingerprint density at radius 1 is 1.16 bits per heavy atom. The predicted molar refractivity (Wildman–Crippen MR) is 77.2 cm³/mol. The summed E-state index contributed by atoms with van der Waals surface area (Å²) in [4.78, 5) is 14.6. The molecule has 2 nitrogen and oxygen atoms in total. The molecule has 0 bridgehead atoms. The van der Waals surface area contributed by atoms with Crippen LogP contribution in [0.4, 0.5) is 0 Å².